The van der Waals surface area contributed by atoms with Gasteiger partial charge in [0.1, 0.15) is 6.10 Å². The van der Waals surface area contributed by atoms with Crippen LogP contribution >= 0.6 is 0 Å². The van der Waals surface area contributed by atoms with Gasteiger partial charge in [-0.25, -0.2) is 0 Å². The normalized spacial score (nSPS) is 45.2. The fourth-order valence-corrected chi connectivity index (χ4v) is 14.3. The van der Waals surface area contributed by atoms with E-state index in [-0.39, 0.29) is 57.6 Å². The van der Waals surface area contributed by atoms with Crippen molar-refractivity contribution in [2.45, 2.75) is 176 Å². The SMILES string of the molecule is C=C(C)[C@@H]1CC[C@]2(CC(=O)NC3CCC(N)CC3)CCC3(C)C(CC[C@@H]4[C@@]5(C)CC[C@H](OC(=O)CC(C)(C)C(=O)O)C(C)(C)[C@@H]5CC[C@]43C)[C@@H]12. The Morgan fingerprint density at radius 1 is 0.840 bits per heavy atom. The number of carbonyl (C=O) groups excluding carboxylic acids is 2. The summed E-state index contributed by atoms with van der Waals surface area (Å²) >= 11 is 0. The van der Waals surface area contributed by atoms with E-state index in [9.17, 15) is 19.5 Å². The topological polar surface area (TPSA) is 119 Å². The monoisotopic (exact) mass is 695 g/mol. The summed E-state index contributed by atoms with van der Waals surface area (Å²) in [6.45, 7) is 22.5. The zero-order valence-corrected chi connectivity index (χ0v) is 32.8. The van der Waals surface area contributed by atoms with E-state index in [1.807, 2.05) is 0 Å². The molecule has 0 aliphatic heterocycles. The Morgan fingerprint density at radius 2 is 1.52 bits per heavy atom. The molecule has 0 radical (unpaired) electrons. The van der Waals surface area contributed by atoms with Gasteiger partial charge < -0.3 is 20.9 Å². The minimum atomic E-state index is -1.14. The Labute approximate surface area is 303 Å². The van der Waals surface area contributed by atoms with Gasteiger partial charge in [-0.3, -0.25) is 14.4 Å². The maximum Gasteiger partial charge on any atom is 0.309 e. The van der Waals surface area contributed by atoms with E-state index in [1.54, 1.807) is 13.8 Å². The number of ether oxygens (including phenoxy) is 1. The van der Waals surface area contributed by atoms with Gasteiger partial charge >= 0.3 is 11.9 Å². The molecule has 6 fully saturated rings. The highest BCUT2D eigenvalue weighted by atomic mass is 16.5. The van der Waals surface area contributed by atoms with Crippen molar-refractivity contribution in [3.05, 3.63) is 12.2 Å². The number of fused-ring (bicyclic) bond motifs is 7. The summed E-state index contributed by atoms with van der Waals surface area (Å²) < 4.78 is 6.18. The van der Waals surface area contributed by atoms with Crippen molar-refractivity contribution in [1.29, 1.82) is 0 Å². The number of nitrogens with one attached hydrogen (secondary N) is 1. The molecule has 4 N–H and O–H groups in total. The second-order valence-corrected chi connectivity index (χ2v) is 20.6. The Hall–Kier alpha value is -1.89. The molecule has 0 aromatic rings. The largest absolute Gasteiger partial charge is 0.481 e. The Bertz CT molecular complexity index is 1360. The lowest BCUT2D eigenvalue weighted by molar-refractivity contribution is -0.250. The summed E-state index contributed by atoms with van der Waals surface area (Å²) in [5, 5.41) is 13.1. The number of carbonyl (C=O) groups is 3. The van der Waals surface area contributed by atoms with E-state index in [4.69, 9.17) is 10.5 Å². The number of aliphatic carboxylic acids is 1. The third-order valence-electron chi connectivity index (χ3n) is 17.3. The number of hydrogen-bond acceptors (Lipinski definition) is 5. The number of rotatable bonds is 8. The van der Waals surface area contributed by atoms with Gasteiger partial charge in [0.05, 0.1) is 11.8 Å². The molecule has 6 saturated carbocycles. The van der Waals surface area contributed by atoms with Crippen LogP contribution in [0.4, 0.5) is 0 Å². The minimum Gasteiger partial charge on any atom is -0.481 e. The number of hydrogen-bond donors (Lipinski definition) is 3. The maximum absolute atomic E-state index is 13.8. The van der Waals surface area contributed by atoms with Crippen molar-refractivity contribution >= 4 is 17.8 Å². The van der Waals surface area contributed by atoms with Gasteiger partial charge in [0.15, 0.2) is 0 Å². The molecule has 0 bridgehead atoms. The number of nitrogens with two attached hydrogens (primary N) is 1. The van der Waals surface area contributed by atoms with E-state index in [1.165, 1.54) is 31.3 Å². The summed E-state index contributed by atoms with van der Waals surface area (Å²) in [4.78, 5) is 38.6. The number of amides is 1. The molecule has 6 aliphatic carbocycles. The molecule has 0 spiro atoms. The molecule has 2 unspecified atom stereocenters. The summed E-state index contributed by atoms with van der Waals surface area (Å²) in [5.41, 5.74) is 6.76. The second-order valence-electron chi connectivity index (χ2n) is 20.6. The minimum absolute atomic E-state index is 0.0619. The Morgan fingerprint density at radius 3 is 2.16 bits per heavy atom. The number of carboxylic acid groups (broad SMARTS) is 1. The molecule has 7 nitrogen and oxygen atoms in total. The molecule has 50 heavy (non-hydrogen) atoms. The van der Waals surface area contributed by atoms with E-state index >= 15 is 0 Å². The van der Waals surface area contributed by atoms with Crippen LogP contribution in [0.1, 0.15) is 158 Å². The van der Waals surface area contributed by atoms with Crippen molar-refractivity contribution in [2.75, 3.05) is 0 Å². The lowest BCUT2D eigenvalue weighted by Gasteiger charge is -2.73. The van der Waals surface area contributed by atoms with Crippen LogP contribution in [0.25, 0.3) is 0 Å². The first-order chi connectivity index (χ1) is 23.2. The zero-order valence-electron chi connectivity index (χ0n) is 32.8. The predicted molar refractivity (Wildman–Crippen MR) is 198 cm³/mol. The zero-order chi connectivity index (χ0) is 36.7. The number of allylic oxidation sites excluding steroid dienone is 1. The van der Waals surface area contributed by atoms with Crippen LogP contribution in [-0.4, -0.2) is 41.1 Å². The molecule has 1 amide bonds. The van der Waals surface area contributed by atoms with Gasteiger partial charge in [0.2, 0.25) is 5.91 Å². The average molecular weight is 695 g/mol. The molecule has 7 heteroatoms. The Balaban J connectivity index is 1.22. The molecule has 282 valence electrons. The van der Waals surface area contributed by atoms with Crippen LogP contribution in [0.3, 0.4) is 0 Å². The fourth-order valence-electron chi connectivity index (χ4n) is 14.3. The lowest BCUT2D eigenvalue weighted by Crippen LogP contribution is -2.67. The van der Waals surface area contributed by atoms with Crippen LogP contribution in [0.2, 0.25) is 0 Å². The molecule has 6 aliphatic rings. The summed E-state index contributed by atoms with van der Waals surface area (Å²) in [5.74, 6) is 1.51. The highest BCUT2D eigenvalue weighted by Crippen LogP contribution is 2.78. The van der Waals surface area contributed by atoms with Gasteiger partial charge in [-0.05, 0) is 162 Å². The Kier molecular flexibility index (Phi) is 9.77. The van der Waals surface area contributed by atoms with Crippen molar-refractivity contribution in [3.8, 4) is 0 Å². The summed E-state index contributed by atoms with van der Waals surface area (Å²) in [6.07, 6.45) is 15.6. The molecule has 0 heterocycles. The quantitative estimate of drug-likeness (QED) is 0.173. The first-order valence-corrected chi connectivity index (χ1v) is 20.3. The van der Waals surface area contributed by atoms with E-state index in [0.29, 0.717) is 36.0 Å². The van der Waals surface area contributed by atoms with Crippen LogP contribution in [-0.2, 0) is 19.1 Å². The molecule has 0 aromatic heterocycles. The maximum atomic E-state index is 13.8. The van der Waals surface area contributed by atoms with Crippen LogP contribution < -0.4 is 11.1 Å². The van der Waals surface area contributed by atoms with Crippen molar-refractivity contribution in [2.24, 2.45) is 67.8 Å². The predicted octanol–water partition coefficient (Wildman–Crippen LogP) is 8.83. The number of carboxylic acids is 1. The van der Waals surface area contributed by atoms with Gasteiger partial charge in [-0.2, -0.15) is 0 Å². The molecule has 0 aromatic carbocycles. The van der Waals surface area contributed by atoms with Gasteiger partial charge in [-0.1, -0.05) is 46.8 Å². The highest BCUT2D eigenvalue weighted by molar-refractivity contribution is 5.81. The highest BCUT2D eigenvalue weighted by Gasteiger charge is 2.71. The molecule has 0 saturated heterocycles. The summed E-state index contributed by atoms with van der Waals surface area (Å²) in [6, 6.07) is 0.554. The third kappa shape index (κ3) is 5.99. The van der Waals surface area contributed by atoms with Gasteiger partial charge in [0, 0.05) is 23.9 Å². The smallest absolute Gasteiger partial charge is 0.309 e. The summed E-state index contributed by atoms with van der Waals surface area (Å²) in [7, 11) is 0. The van der Waals surface area contributed by atoms with E-state index < -0.39 is 17.4 Å². The van der Waals surface area contributed by atoms with Crippen LogP contribution in [0.5, 0.6) is 0 Å². The van der Waals surface area contributed by atoms with Gasteiger partial charge in [0.25, 0.3) is 0 Å². The van der Waals surface area contributed by atoms with Crippen LogP contribution in [0.15, 0.2) is 12.2 Å². The number of esters is 1. The molecule has 10 atom stereocenters. The van der Waals surface area contributed by atoms with Crippen molar-refractivity contribution < 1.29 is 24.2 Å². The third-order valence-corrected chi connectivity index (χ3v) is 17.3. The van der Waals surface area contributed by atoms with Crippen molar-refractivity contribution in [3.63, 3.8) is 0 Å². The first-order valence-electron chi connectivity index (χ1n) is 20.3. The van der Waals surface area contributed by atoms with E-state index in [2.05, 4.69) is 53.4 Å². The molecular weight excluding hydrogens is 624 g/mol. The van der Waals surface area contributed by atoms with Crippen molar-refractivity contribution in [1.82, 2.24) is 5.32 Å². The fraction of sp³-hybridized carbons (Fsp3) is 0.884. The lowest BCUT2D eigenvalue weighted by atomic mass is 9.32. The standard InChI is InChI=1S/C43H70N2O5/c1-26(2)29-16-21-43(24-34(46)45-28-12-10-27(44)11-13-28)23-22-41(8)30(36(29)43)14-15-32-40(7)19-18-33(50-35(47)25-38(3,4)37(48)49)39(5,6)31(40)17-20-42(32,41)9/h27-33,36H,1,10-25,44H2,2-9H3,(H,45,46)(H,48,49)/t27?,28?,29-,30?,31-,32+,33-,36+,40-,41?,42+,43+/m0/s1. The first kappa shape index (κ1) is 37.9. The van der Waals surface area contributed by atoms with Gasteiger partial charge in [-0.15, -0.1) is 0 Å². The molecule has 6 rings (SSSR count). The average Bonchev–Trinajstić information content (AvgIpc) is 3.39. The van der Waals surface area contributed by atoms with Crippen LogP contribution in [0, 0.1) is 62.1 Å². The van der Waals surface area contributed by atoms with E-state index in [0.717, 1.165) is 64.2 Å². The molecular formula is C43H70N2O5. The second kappa shape index (κ2) is 12.9.